The zero-order valence-electron chi connectivity index (χ0n) is 18.8. The number of hydrogen-bond acceptors (Lipinski definition) is 5. The molecule has 3 heterocycles. The van der Waals surface area contributed by atoms with E-state index in [0.29, 0.717) is 19.5 Å². The van der Waals surface area contributed by atoms with Gasteiger partial charge in [0.25, 0.3) is 5.91 Å². The van der Waals surface area contributed by atoms with Crippen molar-refractivity contribution >= 4 is 23.5 Å². The highest BCUT2D eigenvalue weighted by atomic mass is 16.2. The number of imide groups is 1. The number of piperazine rings is 1. The lowest BCUT2D eigenvalue weighted by Gasteiger charge is -2.37. The fourth-order valence-corrected chi connectivity index (χ4v) is 5.03. The largest absolute Gasteiger partial charge is 0.368 e. The lowest BCUT2D eigenvalue weighted by atomic mass is 9.87. The summed E-state index contributed by atoms with van der Waals surface area (Å²) < 4.78 is 0. The minimum absolute atomic E-state index is 0.0460. The molecule has 1 aliphatic carbocycles. The van der Waals surface area contributed by atoms with E-state index >= 15 is 0 Å². The number of hydrogen-bond donors (Lipinski definition) is 2. The van der Waals surface area contributed by atoms with Gasteiger partial charge in [0, 0.05) is 50.2 Å². The lowest BCUT2D eigenvalue weighted by Crippen LogP contribution is -2.51. The van der Waals surface area contributed by atoms with E-state index in [2.05, 4.69) is 50.8 Å². The predicted molar refractivity (Wildman–Crippen MR) is 125 cm³/mol. The van der Waals surface area contributed by atoms with Crippen LogP contribution in [-0.4, -0.2) is 59.4 Å². The van der Waals surface area contributed by atoms with Crippen LogP contribution in [0.4, 0.5) is 10.5 Å². The van der Waals surface area contributed by atoms with Gasteiger partial charge in [0.15, 0.2) is 0 Å². The predicted octanol–water partition coefficient (Wildman–Crippen LogP) is 2.47. The van der Waals surface area contributed by atoms with Crippen LogP contribution in [0.3, 0.4) is 0 Å². The van der Waals surface area contributed by atoms with E-state index in [1.807, 2.05) is 24.1 Å². The summed E-state index contributed by atoms with van der Waals surface area (Å²) in [5.41, 5.74) is 3.53. The maximum Gasteiger partial charge on any atom is 0.322 e. The van der Waals surface area contributed by atoms with Gasteiger partial charge >= 0.3 is 6.03 Å². The number of rotatable bonds is 6. The van der Waals surface area contributed by atoms with Gasteiger partial charge < -0.3 is 15.1 Å². The second kappa shape index (κ2) is 8.50. The highest BCUT2D eigenvalue weighted by molar-refractivity contribution is 6.07. The zero-order valence-corrected chi connectivity index (χ0v) is 18.8. The number of benzene rings is 1. The standard InChI is InChI=1S/C25H29N5O3/c1-17-15-19(8-10-26-17)18-3-2-4-21(16-18)29-11-13-30(14-12-29)22(31)7-9-25(20-5-6-20)23(32)27-24(33)28-25/h2-4,8,10,15-16,20H,5-7,9,11-14H2,1H3,(H2,27,28,32,33). The van der Waals surface area contributed by atoms with Gasteiger partial charge in [0.1, 0.15) is 5.54 Å². The molecule has 4 amide bonds. The van der Waals surface area contributed by atoms with Crippen molar-refractivity contribution in [3.8, 4) is 11.1 Å². The number of amides is 4. The Kier molecular flexibility index (Phi) is 5.52. The summed E-state index contributed by atoms with van der Waals surface area (Å²) in [5, 5.41) is 5.16. The summed E-state index contributed by atoms with van der Waals surface area (Å²) >= 11 is 0. The van der Waals surface area contributed by atoms with Crippen LogP contribution in [0.1, 0.15) is 31.4 Å². The quantitative estimate of drug-likeness (QED) is 0.664. The van der Waals surface area contributed by atoms with Crippen LogP contribution in [0, 0.1) is 12.8 Å². The molecule has 0 spiro atoms. The van der Waals surface area contributed by atoms with Crippen LogP contribution in [0.2, 0.25) is 0 Å². The zero-order chi connectivity index (χ0) is 23.0. The van der Waals surface area contributed by atoms with Crippen molar-refractivity contribution in [2.75, 3.05) is 31.1 Å². The first-order valence-corrected chi connectivity index (χ1v) is 11.6. The number of carbonyl (C=O) groups excluding carboxylic acids is 3. The molecule has 3 fully saturated rings. The summed E-state index contributed by atoms with van der Waals surface area (Å²) in [6.07, 6.45) is 4.29. The van der Waals surface area contributed by atoms with E-state index in [1.165, 1.54) is 0 Å². The summed E-state index contributed by atoms with van der Waals surface area (Å²) in [6, 6.07) is 12.1. The third-order valence-corrected chi connectivity index (χ3v) is 7.05. The Balaban J connectivity index is 1.18. The molecule has 1 saturated carbocycles. The number of nitrogens with one attached hydrogen (secondary N) is 2. The average Bonchev–Trinajstić information content (AvgIpc) is 3.63. The number of anilines is 1. The number of nitrogens with zero attached hydrogens (tertiary/aromatic N) is 3. The van der Waals surface area contributed by atoms with Crippen LogP contribution < -0.4 is 15.5 Å². The molecule has 1 unspecified atom stereocenters. The van der Waals surface area contributed by atoms with E-state index in [0.717, 1.165) is 48.4 Å². The molecule has 1 aromatic carbocycles. The van der Waals surface area contributed by atoms with Crippen molar-refractivity contribution in [2.45, 2.75) is 38.1 Å². The van der Waals surface area contributed by atoms with Gasteiger partial charge in [-0.05, 0) is 67.5 Å². The third kappa shape index (κ3) is 4.29. The Morgan fingerprint density at radius 1 is 1.09 bits per heavy atom. The van der Waals surface area contributed by atoms with E-state index < -0.39 is 11.6 Å². The fraction of sp³-hybridized carbons (Fsp3) is 0.440. The maximum atomic E-state index is 12.9. The number of pyridine rings is 1. The van der Waals surface area contributed by atoms with Gasteiger partial charge in [-0.25, -0.2) is 4.79 Å². The number of aromatic nitrogens is 1. The van der Waals surface area contributed by atoms with Crippen molar-refractivity contribution in [3.63, 3.8) is 0 Å². The van der Waals surface area contributed by atoms with Crippen molar-refractivity contribution < 1.29 is 14.4 Å². The molecule has 2 aliphatic heterocycles. The number of urea groups is 1. The van der Waals surface area contributed by atoms with Crippen LogP contribution >= 0.6 is 0 Å². The molecule has 1 aromatic heterocycles. The molecule has 5 rings (SSSR count). The smallest absolute Gasteiger partial charge is 0.322 e. The highest BCUT2D eigenvalue weighted by Crippen LogP contribution is 2.43. The lowest BCUT2D eigenvalue weighted by molar-refractivity contribution is -0.132. The van der Waals surface area contributed by atoms with Crippen molar-refractivity contribution in [3.05, 3.63) is 48.3 Å². The van der Waals surface area contributed by atoms with E-state index in [1.54, 1.807) is 0 Å². The molecule has 8 nitrogen and oxygen atoms in total. The molecule has 172 valence electrons. The van der Waals surface area contributed by atoms with Crippen LogP contribution in [0.15, 0.2) is 42.6 Å². The Morgan fingerprint density at radius 2 is 1.85 bits per heavy atom. The minimum Gasteiger partial charge on any atom is -0.368 e. The molecular formula is C25H29N5O3. The van der Waals surface area contributed by atoms with E-state index in [4.69, 9.17) is 0 Å². The maximum absolute atomic E-state index is 12.9. The molecular weight excluding hydrogens is 418 g/mol. The first-order valence-electron chi connectivity index (χ1n) is 11.6. The Labute approximate surface area is 193 Å². The molecule has 33 heavy (non-hydrogen) atoms. The van der Waals surface area contributed by atoms with E-state index in [9.17, 15) is 14.4 Å². The first kappa shape index (κ1) is 21.4. The highest BCUT2D eigenvalue weighted by Gasteiger charge is 2.55. The molecule has 0 bridgehead atoms. The average molecular weight is 448 g/mol. The second-order valence-electron chi connectivity index (χ2n) is 9.26. The van der Waals surface area contributed by atoms with E-state index in [-0.39, 0.29) is 24.2 Å². The van der Waals surface area contributed by atoms with Crippen molar-refractivity contribution in [1.82, 2.24) is 20.5 Å². The molecule has 3 aliphatic rings. The van der Waals surface area contributed by atoms with Crippen LogP contribution in [-0.2, 0) is 9.59 Å². The van der Waals surface area contributed by atoms with Crippen LogP contribution in [0.25, 0.3) is 11.1 Å². The first-order chi connectivity index (χ1) is 15.9. The SMILES string of the molecule is Cc1cc(-c2cccc(N3CCN(C(=O)CCC4(C5CC5)NC(=O)NC4=O)CC3)c2)ccn1. The molecule has 2 N–H and O–H groups in total. The van der Waals surface area contributed by atoms with Gasteiger partial charge in [-0.3, -0.25) is 19.9 Å². The number of carbonyl (C=O) groups is 3. The fourth-order valence-electron chi connectivity index (χ4n) is 5.03. The third-order valence-electron chi connectivity index (χ3n) is 7.05. The second-order valence-corrected chi connectivity index (χ2v) is 9.26. The van der Waals surface area contributed by atoms with Gasteiger partial charge in [-0.15, -0.1) is 0 Å². The van der Waals surface area contributed by atoms with Crippen molar-refractivity contribution in [2.24, 2.45) is 5.92 Å². The summed E-state index contributed by atoms with van der Waals surface area (Å²) in [7, 11) is 0. The Hall–Kier alpha value is -3.42. The molecule has 2 saturated heterocycles. The molecule has 0 radical (unpaired) electrons. The summed E-state index contributed by atoms with van der Waals surface area (Å²) in [5.74, 6) is -0.0911. The van der Waals surface area contributed by atoms with Gasteiger partial charge in [0.05, 0.1) is 0 Å². The van der Waals surface area contributed by atoms with Crippen LogP contribution in [0.5, 0.6) is 0 Å². The number of aryl methyl sites for hydroxylation is 1. The monoisotopic (exact) mass is 447 g/mol. The summed E-state index contributed by atoms with van der Waals surface area (Å²) in [6.45, 7) is 4.80. The Morgan fingerprint density at radius 3 is 2.52 bits per heavy atom. The topological polar surface area (TPSA) is 94.6 Å². The van der Waals surface area contributed by atoms with Gasteiger partial charge in [0.2, 0.25) is 5.91 Å². The molecule has 1 atom stereocenters. The molecule has 8 heteroatoms. The summed E-state index contributed by atoms with van der Waals surface area (Å²) in [4.78, 5) is 45.5. The normalized spacial score (nSPS) is 22.8. The van der Waals surface area contributed by atoms with Gasteiger partial charge in [-0.1, -0.05) is 12.1 Å². The van der Waals surface area contributed by atoms with Gasteiger partial charge in [-0.2, -0.15) is 0 Å². The minimum atomic E-state index is -0.902. The Bertz CT molecular complexity index is 1090. The van der Waals surface area contributed by atoms with Crippen molar-refractivity contribution in [1.29, 1.82) is 0 Å². The molecule has 2 aromatic rings.